The van der Waals surface area contributed by atoms with Crippen LogP contribution in [0, 0.1) is 18.7 Å². The molecule has 0 saturated heterocycles. The van der Waals surface area contributed by atoms with E-state index >= 15 is 0 Å². The molecule has 0 fully saturated rings. The number of pyridine rings is 1. The largest absolute Gasteiger partial charge is 0.480 e. The number of carbonyl (C=O) groups excluding carboxylic acids is 1. The molecule has 0 aliphatic heterocycles. The number of carbonyl (C=O) groups is 2. The van der Waals surface area contributed by atoms with Crippen LogP contribution in [0.2, 0.25) is 0 Å². The van der Waals surface area contributed by atoms with Crippen molar-refractivity contribution in [3.63, 3.8) is 0 Å². The Balaban J connectivity index is 2.34. The number of fused-ring (bicyclic) bond motifs is 1. The van der Waals surface area contributed by atoms with Crippen LogP contribution in [0.25, 0.3) is 5.65 Å². The summed E-state index contributed by atoms with van der Waals surface area (Å²) in [6.45, 7) is 5.37. The van der Waals surface area contributed by atoms with Gasteiger partial charge in [0.1, 0.15) is 23.2 Å². The Kier molecular flexibility index (Phi) is 4.44. The molecule has 118 valence electrons. The minimum Gasteiger partial charge on any atom is -0.480 e. The molecule has 0 spiro atoms. The van der Waals surface area contributed by atoms with E-state index in [-0.39, 0.29) is 11.6 Å². The molecule has 1 atom stereocenters. The van der Waals surface area contributed by atoms with Crippen LogP contribution in [-0.4, -0.2) is 32.4 Å². The lowest BCUT2D eigenvalue weighted by Gasteiger charge is -2.16. The fourth-order valence-corrected chi connectivity index (χ4v) is 2.33. The van der Waals surface area contributed by atoms with E-state index in [2.05, 4.69) is 10.3 Å². The second-order valence-corrected chi connectivity index (χ2v) is 5.62. The Labute approximate surface area is 127 Å². The van der Waals surface area contributed by atoms with Gasteiger partial charge >= 0.3 is 5.97 Å². The van der Waals surface area contributed by atoms with Crippen LogP contribution in [-0.2, 0) is 4.79 Å². The van der Waals surface area contributed by atoms with E-state index in [1.807, 2.05) is 13.8 Å². The summed E-state index contributed by atoms with van der Waals surface area (Å²) >= 11 is 0. The molecule has 22 heavy (non-hydrogen) atoms. The van der Waals surface area contributed by atoms with Gasteiger partial charge in [0.05, 0.1) is 5.69 Å². The zero-order valence-corrected chi connectivity index (χ0v) is 12.6. The summed E-state index contributed by atoms with van der Waals surface area (Å²) in [5, 5.41) is 11.7. The van der Waals surface area contributed by atoms with Crippen LogP contribution in [0.3, 0.4) is 0 Å². The van der Waals surface area contributed by atoms with Crippen LogP contribution in [0.15, 0.2) is 18.3 Å². The van der Waals surface area contributed by atoms with E-state index in [9.17, 15) is 19.1 Å². The summed E-state index contributed by atoms with van der Waals surface area (Å²) in [5.41, 5.74) is 0.987. The molecular formula is C15H18FN3O3. The lowest BCUT2D eigenvalue weighted by Crippen LogP contribution is -2.42. The third-order valence-corrected chi connectivity index (χ3v) is 3.28. The Morgan fingerprint density at radius 3 is 2.68 bits per heavy atom. The van der Waals surface area contributed by atoms with E-state index < -0.39 is 23.7 Å². The first kappa shape index (κ1) is 15.9. The van der Waals surface area contributed by atoms with E-state index in [4.69, 9.17) is 0 Å². The molecule has 0 bridgehead atoms. The molecule has 0 aliphatic carbocycles. The Bertz CT molecular complexity index is 724. The SMILES string of the molecule is Cc1nc2ccc(F)cn2c1C(=O)NC(CC(C)C)C(=O)O. The minimum absolute atomic E-state index is 0.113. The number of aliphatic carboxylic acids is 1. The van der Waals surface area contributed by atoms with Crippen molar-refractivity contribution in [3.05, 3.63) is 35.5 Å². The first-order valence-electron chi connectivity index (χ1n) is 6.97. The van der Waals surface area contributed by atoms with Crippen molar-refractivity contribution in [2.75, 3.05) is 0 Å². The van der Waals surface area contributed by atoms with E-state index in [1.54, 1.807) is 6.92 Å². The molecule has 2 rings (SSSR count). The second kappa shape index (κ2) is 6.13. The van der Waals surface area contributed by atoms with Crippen molar-refractivity contribution < 1.29 is 19.1 Å². The number of amides is 1. The Hall–Kier alpha value is -2.44. The minimum atomic E-state index is -1.10. The highest BCUT2D eigenvalue weighted by Crippen LogP contribution is 2.14. The molecule has 1 unspecified atom stereocenters. The van der Waals surface area contributed by atoms with Gasteiger partial charge in [-0.05, 0) is 31.4 Å². The Morgan fingerprint density at radius 2 is 2.09 bits per heavy atom. The standard InChI is InChI=1S/C15H18FN3O3/c1-8(2)6-11(15(21)22)18-14(20)13-9(3)17-12-5-4-10(16)7-19(12)13/h4-5,7-8,11H,6H2,1-3H3,(H,18,20)(H,21,22). The van der Waals surface area contributed by atoms with Gasteiger partial charge < -0.3 is 10.4 Å². The average Bonchev–Trinajstić information content (AvgIpc) is 2.72. The lowest BCUT2D eigenvalue weighted by molar-refractivity contribution is -0.139. The molecule has 0 aliphatic rings. The zero-order chi connectivity index (χ0) is 16.4. The van der Waals surface area contributed by atoms with Crippen LogP contribution < -0.4 is 5.32 Å². The van der Waals surface area contributed by atoms with Crippen molar-refractivity contribution in [2.45, 2.75) is 33.2 Å². The quantitative estimate of drug-likeness (QED) is 0.885. The van der Waals surface area contributed by atoms with E-state index in [0.717, 1.165) is 6.20 Å². The highest BCUT2D eigenvalue weighted by molar-refractivity contribution is 5.96. The highest BCUT2D eigenvalue weighted by atomic mass is 19.1. The zero-order valence-electron chi connectivity index (χ0n) is 12.6. The van der Waals surface area contributed by atoms with Gasteiger partial charge in [-0.15, -0.1) is 0 Å². The van der Waals surface area contributed by atoms with E-state index in [1.165, 1.54) is 16.5 Å². The normalized spacial score (nSPS) is 12.6. The topological polar surface area (TPSA) is 83.7 Å². The molecular weight excluding hydrogens is 289 g/mol. The monoisotopic (exact) mass is 307 g/mol. The average molecular weight is 307 g/mol. The fraction of sp³-hybridized carbons (Fsp3) is 0.400. The lowest BCUT2D eigenvalue weighted by atomic mass is 10.0. The van der Waals surface area contributed by atoms with Gasteiger partial charge in [-0.25, -0.2) is 14.2 Å². The summed E-state index contributed by atoms with van der Waals surface area (Å²) in [6.07, 6.45) is 1.47. The van der Waals surface area contributed by atoms with Gasteiger partial charge in [-0.2, -0.15) is 0 Å². The maximum atomic E-state index is 13.4. The molecule has 7 heteroatoms. The maximum Gasteiger partial charge on any atom is 0.326 e. The number of imidazole rings is 1. The third-order valence-electron chi connectivity index (χ3n) is 3.28. The first-order valence-corrected chi connectivity index (χ1v) is 6.97. The Morgan fingerprint density at radius 1 is 1.41 bits per heavy atom. The van der Waals surface area contributed by atoms with Gasteiger partial charge in [-0.1, -0.05) is 13.8 Å². The summed E-state index contributed by atoms with van der Waals surface area (Å²) in [6, 6.07) is 1.72. The van der Waals surface area contributed by atoms with Gasteiger partial charge in [-0.3, -0.25) is 9.20 Å². The number of hydrogen-bond donors (Lipinski definition) is 2. The molecule has 0 saturated carbocycles. The number of aromatic nitrogens is 2. The van der Waals surface area contributed by atoms with E-state index in [0.29, 0.717) is 17.8 Å². The maximum absolute atomic E-state index is 13.4. The van der Waals surface area contributed by atoms with Crippen LogP contribution in [0.5, 0.6) is 0 Å². The van der Waals surface area contributed by atoms with Crippen molar-refractivity contribution in [1.29, 1.82) is 0 Å². The number of nitrogens with zero attached hydrogens (tertiary/aromatic N) is 2. The molecule has 2 aromatic rings. The molecule has 0 radical (unpaired) electrons. The number of carboxylic acids is 1. The van der Waals surface area contributed by atoms with Crippen molar-refractivity contribution in [3.8, 4) is 0 Å². The number of rotatable bonds is 5. The predicted octanol–water partition coefficient (Wildman–Crippen LogP) is 2.01. The smallest absolute Gasteiger partial charge is 0.326 e. The van der Waals surface area contributed by atoms with Crippen molar-refractivity contribution in [1.82, 2.24) is 14.7 Å². The molecule has 2 N–H and O–H groups in total. The van der Waals surface area contributed by atoms with Crippen molar-refractivity contribution in [2.24, 2.45) is 5.92 Å². The number of aryl methyl sites for hydroxylation is 1. The summed E-state index contributed by atoms with van der Waals surface area (Å²) in [5.74, 6) is -2.07. The molecule has 1 amide bonds. The summed E-state index contributed by atoms with van der Waals surface area (Å²) < 4.78 is 14.7. The van der Waals surface area contributed by atoms with Gasteiger partial charge in [0.25, 0.3) is 5.91 Å². The number of hydrogen-bond acceptors (Lipinski definition) is 3. The molecule has 2 heterocycles. The summed E-state index contributed by atoms with van der Waals surface area (Å²) in [4.78, 5) is 27.8. The number of nitrogens with one attached hydrogen (secondary N) is 1. The van der Waals surface area contributed by atoms with Crippen LogP contribution in [0.1, 0.15) is 36.5 Å². The molecule has 6 nitrogen and oxygen atoms in total. The number of halogens is 1. The van der Waals surface area contributed by atoms with Crippen LogP contribution in [0.4, 0.5) is 4.39 Å². The predicted molar refractivity (Wildman–Crippen MR) is 78.2 cm³/mol. The highest BCUT2D eigenvalue weighted by Gasteiger charge is 2.24. The second-order valence-electron chi connectivity index (χ2n) is 5.62. The fourth-order valence-electron chi connectivity index (χ4n) is 2.33. The number of carboxylic acid groups (broad SMARTS) is 1. The van der Waals surface area contributed by atoms with Crippen LogP contribution >= 0.6 is 0 Å². The molecule has 0 aromatic carbocycles. The van der Waals surface area contributed by atoms with Gasteiger partial charge in [0.15, 0.2) is 0 Å². The van der Waals surface area contributed by atoms with Crippen molar-refractivity contribution >= 4 is 17.5 Å². The first-order chi connectivity index (χ1) is 10.3. The summed E-state index contributed by atoms with van der Waals surface area (Å²) in [7, 11) is 0. The van der Waals surface area contributed by atoms with Gasteiger partial charge in [0.2, 0.25) is 0 Å². The third kappa shape index (κ3) is 3.24. The van der Waals surface area contributed by atoms with Gasteiger partial charge in [0, 0.05) is 6.20 Å². The molecule has 2 aromatic heterocycles.